The van der Waals surface area contributed by atoms with E-state index >= 15 is 0 Å². The lowest BCUT2D eigenvalue weighted by molar-refractivity contribution is 0.102. The molecule has 2 aromatic heterocycles. The molecule has 0 aliphatic heterocycles. The van der Waals surface area contributed by atoms with Crippen LogP contribution in [-0.2, 0) is 6.54 Å². The number of carbonyl (C=O) groups excluding carboxylic acids is 1. The molecule has 134 valence electrons. The SMILES string of the molecule is CC(C)Oc1ccc(NC(=O)c2cc(NCc3ccco3)ncn2)cc1. The standard InChI is InChI=1S/C19H20N4O3/c1-13(2)26-15-7-5-14(6-8-15)23-19(24)17-10-18(22-12-21-17)20-11-16-4-3-9-25-16/h3-10,12-13H,11H2,1-2H3,(H,23,24)(H,20,21,22). The van der Waals surface area contributed by atoms with Crippen molar-refractivity contribution >= 4 is 17.4 Å². The predicted octanol–water partition coefficient (Wildman–Crippen LogP) is 3.72. The first kappa shape index (κ1) is 17.5. The summed E-state index contributed by atoms with van der Waals surface area (Å²) in [6.07, 6.45) is 3.05. The Bertz CT molecular complexity index is 845. The predicted molar refractivity (Wildman–Crippen MR) is 98.2 cm³/mol. The van der Waals surface area contributed by atoms with Crippen LogP contribution in [0.1, 0.15) is 30.1 Å². The van der Waals surface area contributed by atoms with Crippen LogP contribution in [0.15, 0.2) is 59.5 Å². The molecule has 0 bridgehead atoms. The van der Waals surface area contributed by atoms with Gasteiger partial charge >= 0.3 is 0 Å². The van der Waals surface area contributed by atoms with Crippen molar-refractivity contribution in [1.29, 1.82) is 0 Å². The van der Waals surface area contributed by atoms with Gasteiger partial charge in [0.2, 0.25) is 0 Å². The zero-order valence-electron chi connectivity index (χ0n) is 14.6. The highest BCUT2D eigenvalue weighted by atomic mass is 16.5. The van der Waals surface area contributed by atoms with Crippen LogP contribution in [0.4, 0.5) is 11.5 Å². The van der Waals surface area contributed by atoms with Gasteiger partial charge < -0.3 is 19.8 Å². The van der Waals surface area contributed by atoms with Crippen LogP contribution in [0.25, 0.3) is 0 Å². The van der Waals surface area contributed by atoms with Gasteiger partial charge in [-0.25, -0.2) is 9.97 Å². The van der Waals surface area contributed by atoms with Crippen LogP contribution in [0.2, 0.25) is 0 Å². The topological polar surface area (TPSA) is 89.3 Å². The number of nitrogens with one attached hydrogen (secondary N) is 2. The second-order valence-electron chi connectivity index (χ2n) is 5.87. The van der Waals surface area contributed by atoms with Gasteiger partial charge in [0.1, 0.15) is 29.3 Å². The first-order valence-electron chi connectivity index (χ1n) is 8.26. The molecular formula is C19H20N4O3. The monoisotopic (exact) mass is 352 g/mol. The molecule has 1 amide bonds. The minimum atomic E-state index is -0.314. The van der Waals surface area contributed by atoms with Crippen molar-refractivity contribution in [3.63, 3.8) is 0 Å². The molecule has 1 aromatic carbocycles. The van der Waals surface area contributed by atoms with Gasteiger partial charge in [-0.3, -0.25) is 4.79 Å². The van der Waals surface area contributed by atoms with Crippen LogP contribution in [-0.4, -0.2) is 22.0 Å². The molecule has 0 aliphatic carbocycles. The number of furan rings is 1. The summed E-state index contributed by atoms with van der Waals surface area (Å²) in [4.78, 5) is 20.5. The molecule has 7 nitrogen and oxygen atoms in total. The van der Waals surface area contributed by atoms with Crippen molar-refractivity contribution in [2.24, 2.45) is 0 Å². The number of rotatable bonds is 7. The fraction of sp³-hybridized carbons (Fsp3) is 0.211. The van der Waals surface area contributed by atoms with E-state index in [4.69, 9.17) is 9.15 Å². The van der Waals surface area contributed by atoms with Crippen molar-refractivity contribution < 1.29 is 13.9 Å². The van der Waals surface area contributed by atoms with E-state index in [0.717, 1.165) is 11.5 Å². The molecule has 2 heterocycles. The van der Waals surface area contributed by atoms with Crippen molar-refractivity contribution in [3.05, 3.63) is 66.5 Å². The minimum Gasteiger partial charge on any atom is -0.491 e. The quantitative estimate of drug-likeness (QED) is 0.674. The molecule has 26 heavy (non-hydrogen) atoms. The maximum Gasteiger partial charge on any atom is 0.274 e. The Labute approximate surface area is 151 Å². The molecule has 0 atom stereocenters. The van der Waals surface area contributed by atoms with E-state index in [-0.39, 0.29) is 17.7 Å². The number of hydrogen-bond donors (Lipinski definition) is 2. The number of ether oxygens (including phenoxy) is 1. The average Bonchev–Trinajstić information content (AvgIpc) is 3.15. The Morgan fingerprint density at radius 3 is 2.69 bits per heavy atom. The van der Waals surface area contributed by atoms with E-state index < -0.39 is 0 Å². The first-order chi connectivity index (χ1) is 12.6. The Morgan fingerprint density at radius 1 is 1.19 bits per heavy atom. The van der Waals surface area contributed by atoms with E-state index in [2.05, 4.69) is 20.6 Å². The summed E-state index contributed by atoms with van der Waals surface area (Å²) in [5, 5.41) is 5.89. The highest BCUT2D eigenvalue weighted by Gasteiger charge is 2.10. The van der Waals surface area contributed by atoms with Crippen molar-refractivity contribution in [2.75, 3.05) is 10.6 Å². The van der Waals surface area contributed by atoms with Gasteiger partial charge in [-0.1, -0.05) is 0 Å². The molecule has 7 heteroatoms. The lowest BCUT2D eigenvalue weighted by Crippen LogP contribution is -2.14. The number of carbonyl (C=O) groups is 1. The van der Waals surface area contributed by atoms with Crippen LogP contribution in [0.3, 0.4) is 0 Å². The summed E-state index contributed by atoms with van der Waals surface area (Å²) in [5.41, 5.74) is 0.930. The number of amides is 1. The second-order valence-corrected chi connectivity index (χ2v) is 5.87. The van der Waals surface area contributed by atoms with E-state index in [1.807, 2.05) is 38.1 Å². The van der Waals surface area contributed by atoms with Gasteiger partial charge in [0.05, 0.1) is 18.9 Å². The van der Waals surface area contributed by atoms with E-state index in [1.54, 1.807) is 24.5 Å². The van der Waals surface area contributed by atoms with Gasteiger partial charge in [-0.15, -0.1) is 0 Å². The van der Waals surface area contributed by atoms with Gasteiger partial charge in [-0.05, 0) is 50.2 Å². The molecule has 0 fully saturated rings. The summed E-state index contributed by atoms with van der Waals surface area (Å²) < 4.78 is 10.8. The highest BCUT2D eigenvalue weighted by Crippen LogP contribution is 2.17. The fourth-order valence-electron chi connectivity index (χ4n) is 2.25. The number of benzene rings is 1. The number of nitrogens with zero attached hydrogens (tertiary/aromatic N) is 2. The maximum atomic E-state index is 12.4. The second kappa shape index (κ2) is 8.15. The summed E-state index contributed by atoms with van der Waals surface area (Å²) in [6, 6.07) is 12.5. The van der Waals surface area contributed by atoms with Crippen LogP contribution < -0.4 is 15.4 Å². The third-order valence-corrected chi connectivity index (χ3v) is 3.41. The van der Waals surface area contributed by atoms with Gasteiger partial charge in [0, 0.05) is 11.8 Å². The molecule has 0 aliphatic rings. The largest absolute Gasteiger partial charge is 0.491 e. The summed E-state index contributed by atoms with van der Waals surface area (Å²) in [7, 11) is 0. The molecule has 0 spiro atoms. The highest BCUT2D eigenvalue weighted by molar-refractivity contribution is 6.03. The molecule has 3 aromatic rings. The van der Waals surface area contributed by atoms with Gasteiger partial charge in [-0.2, -0.15) is 0 Å². The molecular weight excluding hydrogens is 332 g/mol. The van der Waals surface area contributed by atoms with Crippen molar-refractivity contribution in [3.8, 4) is 5.75 Å². The lowest BCUT2D eigenvalue weighted by atomic mass is 10.2. The summed E-state index contributed by atoms with van der Waals surface area (Å²) in [6.45, 7) is 4.40. The fourth-order valence-corrected chi connectivity index (χ4v) is 2.25. The minimum absolute atomic E-state index is 0.101. The Hall–Kier alpha value is -3.35. The molecule has 2 N–H and O–H groups in total. The van der Waals surface area contributed by atoms with E-state index in [9.17, 15) is 4.79 Å². The summed E-state index contributed by atoms with van der Waals surface area (Å²) >= 11 is 0. The molecule has 0 unspecified atom stereocenters. The smallest absolute Gasteiger partial charge is 0.274 e. The molecule has 0 saturated heterocycles. The van der Waals surface area contributed by atoms with Crippen molar-refractivity contribution in [1.82, 2.24) is 9.97 Å². The number of aromatic nitrogens is 2. The van der Waals surface area contributed by atoms with E-state index in [0.29, 0.717) is 18.1 Å². The Balaban J connectivity index is 1.61. The number of hydrogen-bond acceptors (Lipinski definition) is 6. The zero-order valence-corrected chi connectivity index (χ0v) is 14.6. The van der Waals surface area contributed by atoms with Crippen molar-refractivity contribution in [2.45, 2.75) is 26.5 Å². The van der Waals surface area contributed by atoms with Crippen LogP contribution in [0.5, 0.6) is 5.75 Å². The maximum absolute atomic E-state index is 12.4. The third kappa shape index (κ3) is 4.83. The van der Waals surface area contributed by atoms with Crippen LogP contribution in [0, 0.1) is 0 Å². The Kier molecular flexibility index (Phi) is 5.48. The molecule has 3 rings (SSSR count). The van der Waals surface area contributed by atoms with E-state index in [1.165, 1.54) is 6.33 Å². The normalized spacial score (nSPS) is 10.6. The average molecular weight is 352 g/mol. The lowest BCUT2D eigenvalue weighted by Gasteiger charge is -2.10. The Morgan fingerprint density at radius 2 is 2.00 bits per heavy atom. The number of anilines is 2. The zero-order chi connectivity index (χ0) is 18.4. The van der Waals surface area contributed by atoms with Crippen LogP contribution >= 0.6 is 0 Å². The summed E-state index contributed by atoms with van der Waals surface area (Å²) in [5.74, 6) is 1.76. The van der Waals surface area contributed by atoms with Gasteiger partial charge in [0.25, 0.3) is 5.91 Å². The third-order valence-electron chi connectivity index (χ3n) is 3.41. The molecule has 0 saturated carbocycles. The molecule has 0 radical (unpaired) electrons. The first-order valence-corrected chi connectivity index (χ1v) is 8.26. The van der Waals surface area contributed by atoms with Gasteiger partial charge in [0.15, 0.2) is 0 Å².